The molecule has 0 bridgehead atoms. The van der Waals surface area contributed by atoms with E-state index >= 15 is 0 Å². The lowest BCUT2D eigenvalue weighted by molar-refractivity contribution is -0.148. The Hall–Kier alpha value is -1.59. The SMILES string of the molecule is CC(C)=CC(=O)O[C@@H](C)C(=O)Nc1ncc(Cl)cc1Cl. The number of anilines is 1. The highest BCUT2D eigenvalue weighted by atomic mass is 35.5. The second-order valence-corrected chi connectivity index (χ2v) is 5.12. The van der Waals surface area contributed by atoms with Crippen molar-refractivity contribution in [2.24, 2.45) is 0 Å². The number of allylic oxidation sites excluding steroid dienone is 1. The Morgan fingerprint density at radius 2 is 2.05 bits per heavy atom. The van der Waals surface area contributed by atoms with E-state index in [1.165, 1.54) is 25.3 Å². The number of rotatable bonds is 4. The summed E-state index contributed by atoms with van der Waals surface area (Å²) in [6, 6.07) is 1.45. The molecule has 0 aliphatic rings. The summed E-state index contributed by atoms with van der Waals surface area (Å²) in [6.45, 7) is 4.96. The topological polar surface area (TPSA) is 68.3 Å². The molecule has 0 aromatic carbocycles. The van der Waals surface area contributed by atoms with E-state index in [0.717, 1.165) is 5.57 Å². The first-order valence-corrected chi connectivity index (χ1v) is 6.52. The van der Waals surface area contributed by atoms with E-state index in [0.29, 0.717) is 5.02 Å². The molecule has 1 N–H and O–H groups in total. The van der Waals surface area contributed by atoms with Crippen LogP contribution in [0.25, 0.3) is 0 Å². The predicted octanol–water partition coefficient (Wildman–Crippen LogP) is 3.22. The van der Waals surface area contributed by atoms with Crippen LogP contribution < -0.4 is 5.32 Å². The molecule has 1 heterocycles. The van der Waals surface area contributed by atoms with Crippen LogP contribution in [-0.4, -0.2) is 23.0 Å². The van der Waals surface area contributed by atoms with Crippen LogP contribution in [0.3, 0.4) is 0 Å². The first-order chi connectivity index (χ1) is 9.29. The molecule has 5 nitrogen and oxygen atoms in total. The van der Waals surface area contributed by atoms with Crippen LogP contribution >= 0.6 is 23.2 Å². The number of halogens is 2. The molecule has 0 fully saturated rings. The quantitative estimate of drug-likeness (QED) is 0.684. The van der Waals surface area contributed by atoms with Crippen molar-refractivity contribution < 1.29 is 14.3 Å². The number of hydrogen-bond acceptors (Lipinski definition) is 4. The highest BCUT2D eigenvalue weighted by Crippen LogP contribution is 2.22. The van der Waals surface area contributed by atoms with Gasteiger partial charge in [0.05, 0.1) is 10.0 Å². The minimum atomic E-state index is -0.966. The summed E-state index contributed by atoms with van der Waals surface area (Å²) in [4.78, 5) is 27.1. The molecule has 1 aromatic rings. The lowest BCUT2D eigenvalue weighted by atomic mass is 10.3. The summed E-state index contributed by atoms with van der Waals surface area (Å²) < 4.78 is 4.93. The minimum absolute atomic E-state index is 0.158. The van der Waals surface area contributed by atoms with Gasteiger partial charge >= 0.3 is 5.97 Å². The van der Waals surface area contributed by atoms with Crippen molar-refractivity contribution >= 4 is 40.9 Å². The van der Waals surface area contributed by atoms with E-state index in [1.54, 1.807) is 13.8 Å². The van der Waals surface area contributed by atoms with Crippen molar-refractivity contribution in [1.82, 2.24) is 4.98 Å². The lowest BCUT2D eigenvalue weighted by Gasteiger charge is -2.12. The summed E-state index contributed by atoms with van der Waals surface area (Å²) in [5.41, 5.74) is 0.782. The van der Waals surface area contributed by atoms with Crippen LogP contribution in [0.2, 0.25) is 10.0 Å². The van der Waals surface area contributed by atoms with Crippen molar-refractivity contribution in [1.29, 1.82) is 0 Å². The van der Waals surface area contributed by atoms with Gasteiger partial charge in [0, 0.05) is 12.3 Å². The third-order valence-corrected chi connectivity index (χ3v) is 2.61. The Morgan fingerprint density at radius 1 is 1.40 bits per heavy atom. The number of carbonyl (C=O) groups is 2. The molecular formula is C13H14Cl2N2O3. The van der Waals surface area contributed by atoms with Gasteiger partial charge in [-0.25, -0.2) is 9.78 Å². The third-order valence-electron chi connectivity index (χ3n) is 2.12. The van der Waals surface area contributed by atoms with Crippen LogP contribution in [0.15, 0.2) is 23.9 Å². The Balaban J connectivity index is 2.66. The summed E-state index contributed by atoms with van der Waals surface area (Å²) in [6.07, 6.45) is 1.69. The average molecular weight is 317 g/mol. The molecule has 1 atom stereocenters. The van der Waals surface area contributed by atoms with Crippen LogP contribution in [0, 0.1) is 0 Å². The maximum Gasteiger partial charge on any atom is 0.331 e. The summed E-state index contributed by atoms with van der Waals surface area (Å²) in [5, 5.41) is 3.02. The zero-order valence-corrected chi connectivity index (χ0v) is 12.7. The number of hydrogen-bond donors (Lipinski definition) is 1. The molecule has 1 aromatic heterocycles. The Morgan fingerprint density at radius 3 is 2.60 bits per heavy atom. The smallest absolute Gasteiger partial charge is 0.331 e. The average Bonchev–Trinajstić information content (AvgIpc) is 2.31. The Labute approximate surface area is 126 Å². The molecular weight excluding hydrogens is 303 g/mol. The fourth-order valence-electron chi connectivity index (χ4n) is 1.22. The predicted molar refractivity (Wildman–Crippen MR) is 77.9 cm³/mol. The van der Waals surface area contributed by atoms with Crippen molar-refractivity contribution in [3.63, 3.8) is 0 Å². The number of aromatic nitrogens is 1. The number of esters is 1. The van der Waals surface area contributed by atoms with Crippen LogP contribution in [0.4, 0.5) is 5.82 Å². The van der Waals surface area contributed by atoms with Gasteiger partial charge in [-0.05, 0) is 26.8 Å². The fourth-order valence-corrected chi connectivity index (χ4v) is 1.65. The third kappa shape index (κ3) is 5.19. The molecule has 0 saturated carbocycles. The molecule has 0 aliphatic carbocycles. The number of carbonyl (C=O) groups excluding carboxylic acids is 2. The molecule has 1 amide bonds. The zero-order chi connectivity index (χ0) is 15.3. The molecule has 7 heteroatoms. The Kier molecular flexibility index (Phi) is 5.98. The van der Waals surface area contributed by atoms with E-state index in [9.17, 15) is 9.59 Å². The summed E-state index contributed by atoms with van der Waals surface area (Å²) in [7, 11) is 0. The minimum Gasteiger partial charge on any atom is -0.449 e. The maximum absolute atomic E-state index is 11.8. The summed E-state index contributed by atoms with van der Waals surface area (Å²) in [5.74, 6) is -0.953. The van der Waals surface area contributed by atoms with Crippen molar-refractivity contribution in [3.05, 3.63) is 34.0 Å². The number of ether oxygens (including phenoxy) is 1. The van der Waals surface area contributed by atoms with Gasteiger partial charge in [0.1, 0.15) is 0 Å². The number of nitrogens with one attached hydrogen (secondary N) is 1. The largest absolute Gasteiger partial charge is 0.449 e. The molecule has 108 valence electrons. The highest BCUT2D eigenvalue weighted by Gasteiger charge is 2.18. The zero-order valence-electron chi connectivity index (χ0n) is 11.2. The maximum atomic E-state index is 11.8. The van der Waals surface area contributed by atoms with Gasteiger partial charge in [0.2, 0.25) is 0 Å². The van der Waals surface area contributed by atoms with Crippen molar-refractivity contribution in [2.45, 2.75) is 26.9 Å². The molecule has 0 spiro atoms. The van der Waals surface area contributed by atoms with E-state index in [-0.39, 0.29) is 10.8 Å². The van der Waals surface area contributed by atoms with Gasteiger partial charge in [-0.3, -0.25) is 4.79 Å². The Bertz CT molecular complexity index is 555. The molecule has 20 heavy (non-hydrogen) atoms. The van der Waals surface area contributed by atoms with Gasteiger partial charge in [-0.1, -0.05) is 28.8 Å². The number of nitrogens with zero attached hydrogens (tertiary/aromatic N) is 1. The molecule has 1 rings (SSSR count). The van der Waals surface area contributed by atoms with Crippen LogP contribution in [0.1, 0.15) is 20.8 Å². The van der Waals surface area contributed by atoms with Gasteiger partial charge in [-0.15, -0.1) is 0 Å². The highest BCUT2D eigenvalue weighted by molar-refractivity contribution is 6.36. The lowest BCUT2D eigenvalue weighted by Crippen LogP contribution is -2.30. The second kappa shape index (κ2) is 7.26. The number of pyridine rings is 1. The molecule has 0 unspecified atom stereocenters. The first-order valence-electron chi connectivity index (χ1n) is 5.77. The monoisotopic (exact) mass is 316 g/mol. The van der Waals surface area contributed by atoms with Gasteiger partial charge in [0.25, 0.3) is 5.91 Å². The normalized spacial score (nSPS) is 11.4. The van der Waals surface area contributed by atoms with Crippen molar-refractivity contribution in [3.8, 4) is 0 Å². The first kappa shape index (κ1) is 16.5. The van der Waals surface area contributed by atoms with Gasteiger partial charge < -0.3 is 10.1 Å². The van der Waals surface area contributed by atoms with E-state index in [4.69, 9.17) is 27.9 Å². The van der Waals surface area contributed by atoms with Crippen LogP contribution in [0.5, 0.6) is 0 Å². The van der Waals surface area contributed by atoms with Crippen LogP contribution in [-0.2, 0) is 14.3 Å². The standard InChI is InChI=1S/C13H14Cl2N2O3/c1-7(2)4-11(18)20-8(3)13(19)17-12-10(15)5-9(14)6-16-12/h4-6,8H,1-3H3,(H,16,17,19)/t8-/m0/s1. The molecule has 0 radical (unpaired) electrons. The van der Waals surface area contributed by atoms with Gasteiger partial charge in [-0.2, -0.15) is 0 Å². The van der Waals surface area contributed by atoms with E-state index in [2.05, 4.69) is 10.3 Å². The van der Waals surface area contributed by atoms with Crippen molar-refractivity contribution in [2.75, 3.05) is 5.32 Å². The van der Waals surface area contributed by atoms with Gasteiger partial charge in [0.15, 0.2) is 11.9 Å². The summed E-state index contributed by atoms with van der Waals surface area (Å²) >= 11 is 11.6. The molecule has 0 saturated heterocycles. The fraction of sp³-hybridized carbons (Fsp3) is 0.308. The van der Waals surface area contributed by atoms with E-state index in [1.807, 2.05) is 0 Å². The molecule has 0 aliphatic heterocycles. The second-order valence-electron chi connectivity index (χ2n) is 4.27. The number of amides is 1. The van der Waals surface area contributed by atoms with E-state index < -0.39 is 18.0 Å².